The molecule has 1 unspecified atom stereocenters. The molecule has 3 rings (SSSR count). The second-order valence-corrected chi connectivity index (χ2v) is 9.49. The molecule has 0 fully saturated rings. The molecule has 194 valence electrons. The van der Waals surface area contributed by atoms with Gasteiger partial charge in [0.05, 0.1) is 11.5 Å². The van der Waals surface area contributed by atoms with E-state index in [-0.39, 0.29) is 29.0 Å². The van der Waals surface area contributed by atoms with Gasteiger partial charge in [-0.3, -0.25) is 0 Å². The van der Waals surface area contributed by atoms with Crippen molar-refractivity contribution in [3.63, 3.8) is 0 Å². The third-order valence-electron chi connectivity index (χ3n) is 5.88. The van der Waals surface area contributed by atoms with Crippen LogP contribution in [0, 0.1) is 0 Å². The van der Waals surface area contributed by atoms with E-state index < -0.39 is 11.1 Å². The number of nitrogens with one attached hydrogen (secondary N) is 1. The second-order valence-electron chi connectivity index (χ2n) is 8.44. The summed E-state index contributed by atoms with van der Waals surface area (Å²) >= 11 is 0.607. The molecule has 1 aliphatic carbocycles. The summed E-state index contributed by atoms with van der Waals surface area (Å²) in [6.07, 6.45) is 8.83. The van der Waals surface area contributed by atoms with Gasteiger partial charge in [0, 0.05) is 23.7 Å². The van der Waals surface area contributed by atoms with Gasteiger partial charge in [0.2, 0.25) is 5.82 Å². The number of aliphatic hydroxyl groups is 1. The maximum Gasteiger partial charge on any atom is 0.426 e. The Morgan fingerprint density at radius 2 is 2.11 bits per heavy atom. The largest absolute Gasteiger partial charge is 0.426 e. The highest BCUT2D eigenvalue weighted by molar-refractivity contribution is 7.15. The van der Waals surface area contributed by atoms with Crippen molar-refractivity contribution in [1.29, 1.82) is 0 Å². The molecule has 2 aromatic rings. The number of hydrogen-bond acceptors (Lipinski definition) is 6. The third kappa shape index (κ3) is 6.52. The van der Waals surface area contributed by atoms with Gasteiger partial charge in [-0.1, -0.05) is 61.0 Å². The highest BCUT2D eigenvalue weighted by Crippen LogP contribution is 2.44. The molecule has 0 aromatic carbocycles. The van der Waals surface area contributed by atoms with Crippen LogP contribution in [0.15, 0.2) is 58.2 Å². The zero-order chi connectivity index (χ0) is 26.3. The van der Waals surface area contributed by atoms with Crippen LogP contribution in [0.3, 0.4) is 0 Å². The number of thiophene rings is 1. The summed E-state index contributed by atoms with van der Waals surface area (Å²) < 4.78 is 47.0. The van der Waals surface area contributed by atoms with Gasteiger partial charge in [0.15, 0.2) is 0 Å². The normalized spacial score (nSPS) is 16.1. The molecule has 0 radical (unpaired) electrons. The standard InChI is InChI=1S/C27H32F3N3O2S/c1-5-8-10-18(6-2)21-16-23(36-24(21)27(28,29)30)26-32-25(33-35-26)20-12-9-11-19(15-17(20)4)22(7-3)31-13-14-34/h6,8-12,16,22,31,34H,5,7,13-15H2,1-4H3. The summed E-state index contributed by atoms with van der Waals surface area (Å²) in [5.74, 6) is 0.397. The van der Waals surface area contributed by atoms with Crippen molar-refractivity contribution in [1.82, 2.24) is 15.5 Å². The summed E-state index contributed by atoms with van der Waals surface area (Å²) in [5.41, 5.74) is 3.58. The number of nitrogens with zero attached hydrogens (tertiary/aromatic N) is 2. The second kappa shape index (κ2) is 12.5. The van der Waals surface area contributed by atoms with Gasteiger partial charge < -0.3 is 14.9 Å². The van der Waals surface area contributed by atoms with E-state index in [0.717, 1.165) is 24.0 Å². The average molecular weight is 520 g/mol. The average Bonchev–Trinajstić information content (AvgIpc) is 3.46. The molecule has 36 heavy (non-hydrogen) atoms. The van der Waals surface area contributed by atoms with Crippen molar-refractivity contribution in [2.24, 2.45) is 0 Å². The summed E-state index contributed by atoms with van der Waals surface area (Å²) in [4.78, 5) is 4.05. The predicted molar refractivity (Wildman–Crippen MR) is 139 cm³/mol. The molecule has 0 saturated carbocycles. The zero-order valence-corrected chi connectivity index (χ0v) is 21.8. The first kappa shape index (κ1) is 27.8. The minimum Gasteiger partial charge on any atom is -0.395 e. The van der Waals surface area contributed by atoms with E-state index in [0.29, 0.717) is 35.7 Å². The SMILES string of the molecule is CC=C(C=CCC)c1cc(-c2nc(C3=C(C)CC(C(CC)NCCO)=CC=C3)no2)sc1C(F)(F)F. The molecule has 5 nitrogen and oxygen atoms in total. The molecule has 0 saturated heterocycles. The molecule has 0 spiro atoms. The first-order chi connectivity index (χ1) is 17.2. The fourth-order valence-corrected chi connectivity index (χ4v) is 5.06. The van der Waals surface area contributed by atoms with Crippen LogP contribution in [0.5, 0.6) is 0 Å². The van der Waals surface area contributed by atoms with Crippen molar-refractivity contribution < 1.29 is 22.8 Å². The zero-order valence-electron chi connectivity index (χ0n) is 20.9. The molecule has 9 heteroatoms. The third-order valence-corrected chi connectivity index (χ3v) is 7.05. The van der Waals surface area contributed by atoms with Gasteiger partial charge in [-0.05, 0) is 50.3 Å². The maximum absolute atomic E-state index is 13.8. The Hall–Kier alpha value is -2.75. The molecule has 2 heterocycles. The predicted octanol–water partition coefficient (Wildman–Crippen LogP) is 7.21. The lowest BCUT2D eigenvalue weighted by Gasteiger charge is -2.20. The van der Waals surface area contributed by atoms with Crippen LogP contribution < -0.4 is 5.32 Å². The van der Waals surface area contributed by atoms with Crippen molar-refractivity contribution >= 4 is 22.5 Å². The van der Waals surface area contributed by atoms with E-state index in [1.807, 2.05) is 38.2 Å². The van der Waals surface area contributed by atoms with Gasteiger partial charge in [0.1, 0.15) is 4.88 Å². The monoisotopic (exact) mass is 519 g/mol. The highest BCUT2D eigenvalue weighted by Gasteiger charge is 2.37. The number of aromatic nitrogens is 2. The Morgan fingerprint density at radius 1 is 1.33 bits per heavy atom. The van der Waals surface area contributed by atoms with Crippen LogP contribution in [-0.4, -0.2) is 34.4 Å². The number of halogens is 3. The maximum atomic E-state index is 13.8. The van der Waals surface area contributed by atoms with Crippen LogP contribution in [-0.2, 0) is 6.18 Å². The number of rotatable bonds is 10. The Labute approximate surface area is 213 Å². The lowest BCUT2D eigenvalue weighted by Crippen LogP contribution is -2.32. The molecular weight excluding hydrogens is 487 g/mol. The fourth-order valence-electron chi connectivity index (χ4n) is 4.09. The van der Waals surface area contributed by atoms with Gasteiger partial charge in [-0.15, -0.1) is 11.3 Å². The summed E-state index contributed by atoms with van der Waals surface area (Å²) in [5, 5.41) is 16.6. The molecule has 0 bridgehead atoms. The van der Waals surface area contributed by atoms with Crippen LogP contribution >= 0.6 is 11.3 Å². The minimum absolute atomic E-state index is 0.0591. The molecule has 0 aliphatic heterocycles. The van der Waals surface area contributed by atoms with Crippen molar-refractivity contribution in [2.45, 2.75) is 59.2 Å². The van der Waals surface area contributed by atoms with Crippen molar-refractivity contribution in [2.75, 3.05) is 13.2 Å². The number of aliphatic hydroxyl groups excluding tert-OH is 1. The van der Waals surface area contributed by atoms with Crippen LogP contribution in [0.1, 0.15) is 63.2 Å². The Bertz CT molecular complexity index is 1200. The molecule has 2 aromatic heterocycles. The van der Waals surface area contributed by atoms with Crippen LogP contribution in [0.25, 0.3) is 21.9 Å². The topological polar surface area (TPSA) is 71.2 Å². The summed E-state index contributed by atoms with van der Waals surface area (Å²) in [7, 11) is 0. The van der Waals surface area contributed by atoms with Gasteiger partial charge in [-0.25, -0.2) is 0 Å². The van der Waals surface area contributed by atoms with Gasteiger partial charge in [0.25, 0.3) is 5.89 Å². The van der Waals surface area contributed by atoms with E-state index in [2.05, 4.69) is 22.4 Å². The highest BCUT2D eigenvalue weighted by atomic mass is 32.1. The first-order valence-corrected chi connectivity index (χ1v) is 12.8. The van der Waals surface area contributed by atoms with E-state index >= 15 is 0 Å². The van der Waals surface area contributed by atoms with Crippen LogP contribution in [0.4, 0.5) is 13.2 Å². The first-order valence-electron chi connectivity index (χ1n) is 12.0. The molecule has 1 atom stereocenters. The summed E-state index contributed by atoms with van der Waals surface area (Å²) in [6, 6.07) is 1.60. The Morgan fingerprint density at radius 3 is 2.75 bits per heavy atom. The summed E-state index contributed by atoms with van der Waals surface area (Å²) in [6.45, 7) is 8.29. The molecule has 2 N–H and O–H groups in total. The number of allylic oxidation sites excluding steroid dienone is 9. The quantitative estimate of drug-likeness (QED) is 0.325. The van der Waals surface area contributed by atoms with Gasteiger partial charge in [-0.2, -0.15) is 18.2 Å². The van der Waals surface area contributed by atoms with Gasteiger partial charge >= 0.3 is 6.18 Å². The van der Waals surface area contributed by atoms with E-state index in [9.17, 15) is 13.2 Å². The van der Waals surface area contributed by atoms with E-state index in [4.69, 9.17) is 9.63 Å². The lowest BCUT2D eigenvalue weighted by atomic mass is 9.96. The molecular formula is C27H32F3N3O2S. The Balaban J connectivity index is 1.93. The Kier molecular flexibility index (Phi) is 9.64. The molecule has 1 aliphatic rings. The van der Waals surface area contributed by atoms with E-state index in [1.54, 1.807) is 19.1 Å². The van der Waals surface area contributed by atoms with Crippen molar-refractivity contribution in [3.8, 4) is 10.8 Å². The smallest absolute Gasteiger partial charge is 0.395 e. The van der Waals surface area contributed by atoms with Crippen LogP contribution in [0.2, 0.25) is 0 Å². The lowest BCUT2D eigenvalue weighted by molar-refractivity contribution is -0.134. The van der Waals surface area contributed by atoms with E-state index in [1.165, 1.54) is 11.6 Å². The molecule has 0 amide bonds. The van der Waals surface area contributed by atoms with Crippen molar-refractivity contribution in [3.05, 3.63) is 69.9 Å². The number of alkyl halides is 3. The number of hydrogen-bond donors (Lipinski definition) is 2. The fraction of sp³-hybridized carbons (Fsp3) is 0.407. The minimum atomic E-state index is -4.50.